The molecule has 132 valence electrons. The quantitative estimate of drug-likeness (QED) is 0.229. The maximum atomic E-state index is 11.8. The van der Waals surface area contributed by atoms with Crippen LogP contribution in [0.5, 0.6) is 5.75 Å². The maximum absolute atomic E-state index is 11.8. The summed E-state index contributed by atoms with van der Waals surface area (Å²) in [6.45, 7) is 11.1. The van der Waals surface area contributed by atoms with Crippen LogP contribution in [0.3, 0.4) is 0 Å². The van der Waals surface area contributed by atoms with Gasteiger partial charge in [0.2, 0.25) is 0 Å². The Morgan fingerprint density at radius 1 is 1.04 bits per heavy atom. The maximum Gasteiger partial charge on any atom is 0.336 e. The van der Waals surface area contributed by atoms with Gasteiger partial charge in [-0.15, -0.1) is 0 Å². The van der Waals surface area contributed by atoms with Gasteiger partial charge in [-0.2, -0.15) is 0 Å². The Balaban J connectivity index is 2.35. The number of benzene rings is 1. The molecular formula is C22H32O2. The van der Waals surface area contributed by atoms with E-state index in [2.05, 4.69) is 33.8 Å². The molecule has 1 atom stereocenters. The number of ether oxygens (including phenoxy) is 1. The SMILES string of the molecule is CC(=CC(=O)Oc1ccccc1)CCC=C(C)CCC(C)C(C)C. The van der Waals surface area contributed by atoms with Crippen molar-refractivity contribution in [3.05, 3.63) is 53.6 Å². The van der Waals surface area contributed by atoms with E-state index in [1.807, 2.05) is 25.1 Å². The van der Waals surface area contributed by atoms with Gasteiger partial charge in [0.25, 0.3) is 0 Å². The lowest BCUT2D eigenvalue weighted by molar-refractivity contribution is -0.129. The first-order chi connectivity index (χ1) is 11.4. The molecule has 0 aromatic heterocycles. The van der Waals surface area contributed by atoms with E-state index >= 15 is 0 Å². The second-order valence-corrected chi connectivity index (χ2v) is 7.07. The molecule has 0 aliphatic rings. The Morgan fingerprint density at radius 2 is 1.71 bits per heavy atom. The van der Waals surface area contributed by atoms with Crippen molar-refractivity contribution < 1.29 is 9.53 Å². The standard InChI is InChI=1S/C22H32O2/c1-17(2)20(5)15-14-18(3)10-9-11-19(4)16-22(23)24-21-12-7-6-8-13-21/h6-8,10,12-13,16-17,20H,9,11,14-15H2,1-5H3. The Bertz CT molecular complexity index is 553. The van der Waals surface area contributed by atoms with Crippen LogP contribution in [0.15, 0.2) is 53.6 Å². The van der Waals surface area contributed by atoms with E-state index in [0.29, 0.717) is 5.75 Å². The Hall–Kier alpha value is -1.83. The van der Waals surface area contributed by atoms with E-state index < -0.39 is 0 Å². The van der Waals surface area contributed by atoms with E-state index in [4.69, 9.17) is 4.74 Å². The first-order valence-electron chi connectivity index (χ1n) is 8.98. The van der Waals surface area contributed by atoms with Crippen molar-refractivity contribution in [2.75, 3.05) is 0 Å². The first-order valence-corrected chi connectivity index (χ1v) is 8.98. The van der Waals surface area contributed by atoms with Crippen molar-refractivity contribution in [1.29, 1.82) is 0 Å². The minimum Gasteiger partial charge on any atom is -0.423 e. The summed E-state index contributed by atoms with van der Waals surface area (Å²) in [5, 5.41) is 0. The van der Waals surface area contributed by atoms with E-state index in [1.54, 1.807) is 18.2 Å². The number of rotatable bonds is 9. The topological polar surface area (TPSA) is 26.3 Å². The molecule has 0 aliphatic heterocycles. The molecule has 1 aromatic rings. The van der Waals surface area contributed by atoms with Gasteiger partial charge in [-0.25, -0.2) is 4.79 Å². The van der Waals surface area contributed by atoms with Crippen LogP contribution >= 0.6 is 0 Å². The number of carbonyl (C=O) groups is 1. The third-order valence-corrected chi connectivity index (χ3v) is 4.49. The van der Waals surface area contributed by atoms with Crippen LogP contribution in [0.2, 0.25) is 0 Å². The van der Waals surface area contributed by atoms with Crippen LogP contribution in [0.1, 0.15) is 60.3 Å². The molecule has 0 amide bonds. The van der Waals surface area contributed by atoms with Crippen molar-refractivity contribution >= 4 is 5.97 Å². The predicted octanol–water partition coefficient (Wildman–Crippen LogP) is 6.34. The van der Waals surface area contributed by atoms with Crippen LogP contribution in [0.4, 0.5) is 0 Å². The average molecular weight is 328 g/mol. The molecule has 0 saturated heterocycles. The number of hydrogen-bond donors (Lipinski definition) is 0. The fourth-order valence-electron chi connectivity index (χ4n) is 2.34. The van der Waals surface area contributed by atoms with Gasteiger partial charge in [0.1, 0.15) is 5.75 Å². The van der Waals surface area contributed by atoms with Gasteiger partial charge in [0.05, 0.1) is 0 Å². The smallest absolute Gasteiger partial charge is 0.336 e. The zero-order chi connectivity index (χ0) is 17.9. The molecule has 0 bridgehead atoms. The highest BCUT2D eigenvalue weighted by Gasteiger charge is 2.06. The molecule has 0 aliphatic carbocycles. The van der Waals surface area contributed by atoms with Gasteiger partial charge < -0.3 is 4.74 Å². The fourth-order valence-corrected chi connectivity index (χ4v) is 2.34. The molecule has 2 nitrogen and oxygen atoms in total. The lowest BCUT2D eigenvalue weighted by Gasteiger charge is -2.15. The number of carbonyl (C=O) groups excluding carboxylic acids is 1. The molecule has 0 saturated carbocycles. The van der Waals surface area contributed by atoms with Crippen LogP contribution < -0.4 is 4.74 Å². The van der Waals surface area contributed by atoms with Crippen LogP contribution in [0.25, 0.3) is 0 Å². The molecule has 1 aromatic carbocycles. The second-order valence-electron chi connectivity index (χ2n) is 7.07. The molecular weight excluding hydrogens is 296 g/mol. The molecule has 0 spiro atoms. The molecule has 24 heavy (non-hydrogen) atoms. The minimum atomic E-state index is -0.301. The van der Waals surface area contributed by atoms with Crippen LogP contribution in [-0.2, 0) is 4.79 Å². The van der Waals surface area contributed by atoms with Crippen LogP contribution in [-0.4, -0.2) is 5.97 Å². The summed E-state index contributed by atoms with van der Waals surface area (Å²) in [4.78, 5) is 11.8. The highest BCUT2D eigenvalue weighted by atomic mass is 16.5. The Labute approximate surface area is 147 Å². The average Bonchev–Trinajstić information content (AvgIpc) is 2.53. The lowest BCUT2D eigenvalue weighted by atomic mass is 9.91. The Kier molecular flexibility index (Phi) is 9.14. The normalized spacial score (nSPS) is 13.9. The van der Waals surface area contributed by atoms with Crippen LogP contribution in [0, 0.1) is 11.8 Å². The van der Waals surface area contributed by atoms with Crippen molar-refractivity contribution in [3.8, 4) is 5.75 Å². The molecule has 0 radical (unpaired) electrons. The largest absolute Gasteiger partial charge is 0.423 e. The number of esters is 1. The van der Waals surface area contributed by atoms with E-state index in [9.17, 15) is 4.79 Å². The number of hydrogen-bond acceptors (Lipinski definition) is 2. The molecule has 0 heterocycles. The van der Waals surface area contributed by atoms with Gasteiger partial charge in [0, 0.05) is 6.08 Å². The zero-order valence-electron chi connectivity index (χ0n) is 15.8. The number of allylic oxidation sites excluding steroid dienone is 3. The van der Waals surface area contributed by atoms with Crippen molar-refractivity contribution in [2.24, 2.45) is 11.8 Å². The summed E-state index contributed by atoms with van der Waals surface area (Å²) >= 11 is 0. The summed E-state index contributed by atoms with van der Waals surface area (Å²) in [5.41, 5.74) is 2.50. The van der Waals surface area contributed by atoms with Gasteiger partial charge >= 0.3 is 5.97 Å². The van der Waals surface area contributed by atoms with E-state index in [-0.39, 0.29) is 5.97 Å². The predicted molar refractivity (Wildman–Crippen MR) is 102 cm³/mol. The van der Waals surface area contributed by atoms with Crippen molar-refractivity contribution in [1.82, 2.24) is 0 Å². The van der Waals surface area contributed by atoms with E-state index in [1.165, 1.54) is 12.0 Å². The highest BCUT2D eigenvalue weighted by Crippen LogP contribution is 2.19. The fraction of sp³-hybridized carbons (Fsp3) is 0.500. The Morgan fingerprint density at radius 3 is 2.33 bits per heavy atom. The first kappa shape index (κ1) is 20.2. The van der Waals surface area contributed by atoms with Crippen molar-refractivity contribution in [2.45, 2.75) is 60.3 Å². The van der Waals surface area contributed by atoms with Gasteiger partial charge in [-0.1, -0.05) is 56.2 Å². The molecule has 0 fully saturated rings. The minimum absolute atomic E-state index is 0.301. The summed E-state index contributed by atoms with van der Waals surface area (Å²) in [5.74, 6) is 1.80. The highest BCUT2D eigenvalue weighted by molar-refractivity contribution is 5.84. The third-order valence-electron chi connectivity index (χ3n) is 4.49. The molecule has 0 N–H and O–H groups in total. The zero-order valence-corrected chi connectivity index (χ0v) is 15.8. The summed E-state index contributed by atoms with van der Waals surface area (Å²) in [6.07, 6.45) is 8.17. The molecule has 2 heteroatoms. The lowest BCUT2D eigenvalue weighted by Crippen LogP contribution is -2.04. The van der Waals surface area contributed by atoms with E-state index in [0.717, 1.165) is 36.7 Å². The summed E-state index contributed by atoms with van der Waals surface area (Å²) < 4.78 is 5.27. The summed E-state index contributed by atoms with van der Waals surface area (Å²) in [6, 6.07) is 9.17. The second kappa shape index (κ2) is 10.9. The molecule has 1 unspecified atom stereocenters. The summed E-state index contributed by atoms with van der Waals surface area (Å²) in [7, 11) is 0. The van der Waals surface area contributed by atoms with Gasteiger partial charge in [-0.05, 0) is 63.5 Å². The van der Waals surface area contributed by atoms with Gasteiger partial charge in [-0.3, -0.25) is 0 Å². The van der Waals surface area contributed by atoms with Crippen molar-refractivity contribution in [3.63, 3.8) is 0 Å². The third kappa shape index (κ3) is 8.71. The number of para-hydroxylation sites is 1. The molecule has 1 rings (SSSR count). The monoisotopic (exact) mass is 328 g/mol. The van der Waals surface area contributed by atoms with Gasteiger partial charge in [0.15, 0.2) is 0 Å².